The van der Waals surface area contributed by atoms with Gasteiger partial charge in [0.15, 0.2) is 5.96 Å². The van der Waals surface area contributed by atoms with Crippen LogP contribution in [-0.4, -0.2) is 46.0 Å². The first-order chi connectivity index (χ1) is 11.8. The van der Waals surface area contributed by atoms with Crippen LogP contribution >= 0.6 is 24.0 Å². The predicted octanol–water partition coefficient (Wildman–Crippen LogP) is 3.08. The maximum absolute atomic E-state index is 5.90. The summed E-state index contributed by atoms with van der Waals surface area (Å²) in [7, 11) is 1.66. The largest absolute Gasteiger partial charge is 0.459 e. The van der Waals surface area contributed by atoms with Crippen LogP contribution in [-0.2, 0) is 16.0 Å². The van der Waals surface area contributed by atoms with Crippen LogP contribution < -0.4 is 10.6 Å². The van der Waals surface area contributed by atoms with E-state index in [9.17, 15) is 0 Å². The zero-order chi connectivity index (χ0) is 17.2. The molecule has 0 aliphatic rings. The number of hydrogen-bond donors (Lipinski definition) is 2. The fourth-order valence-electron chi connectivity index (χ4n) is 2.35. The lowest BCUT2D eigenvalue weighted by Gasteiger charge is -2.11. The van der Waals surface area contributed by atoms with E-state index in [2.05, 4.69) is 28.6 Å². The maximum atomic E-state index is 5.90. The summed E-state index contributed by atoms with van der Waals surface area (Å²) in [5.41, 5.74) is 2.05. The number of ether oxygens (including phenoxy) is 2. The number of benzene rings is 1. The molecule has 1 heterocycles. The monoisotopic (exact) mass is 461 g/mol. The van der Waals surface area contributed by atoms with Crippen LogP contribution in [0.25, 0.3) is 11.0 Å². The minimum Gasteiger partial charge on any atom is -0.459 e. The first kappa shape index (κ1) is 21.7. The number of para-hydroxylation sites is 1. The smallest absolute Gasteiger partial charge is 0.191 e. The minimum atomic E-state index is 0. The Morgan fingerprint density at radius 2 is 1.96 bits per heavy atom. The summed E-state index contributed by atoms with van der Waals surface area (Å²) >= 11 is 0. The van der Waals surface area contributed by atoms with E-state index in [4.69, 9.17) is 13.9 Å². The summed E-state index contributed by atoms with van der Waals surface area (Å²) < 4.78 is 16.3. The van der Waals surface area contributed by atoms with Gasteiger partial charge in [-0.2, -0.15) is 0 Å². The van der Waals surface area contributed by atoms with Gasteiger partial charge in [0.05, 0.1) is 19.8 Å². The van der Waals surface area contributed by atoms with Gasteiger partial charge < -0.3 is 24.5 Å². The summed E-state index contributed by atoms with van der Waals surface area (Å²) in [4.78, 5) is 4.59. The van der Waals surface area contributed by atoms with E-state index in [-0.39, 0.29) is 24.0 Å². The summed E-state index contributed by atoms with van der Waals surface area (Å²) in [5, 5.41) is 7.62. The van der Waals surface area contributed by atoms with Crippen LogP contribution in [0.5, 0.6) is 0 Å². The van der Waals surface area contributed by atoms with Crippen LogP contribution in [0.15, 0.2) is 33.7 Å². The molecule has 0 aliphatic carbocycles. The lowest BCUT2D eigenvalue weighted by Crippen LogP contribution is -2.39. The second kappa shape index (κ2) is 12.1. The topological polar surface area (TPSA) is 68.0 Å². The van der Waals surface area contributed by atoms with Crippen molar-refractivity contribution in [2.45, 2.75) is 20.4 Å². The molecule has 2 rings (SSSR count). The van der Waals surface area contributed by atoms with Crippen molar-refractivity contribution in [2.24, 2.45) is 4.99 Å². The first-order valence-electron chi connectivity index (χ1n) is 8.32. The average Bonchev–Trinajstić information content (AvgIpc) is 2.92. The van der Waals surface area contributed by atoms with Gasteiger partial charge in [0.2, 0.25) is 0 Å². The number of nitrogens with one attached hydrogen (secondary N) is 2. The molecule has 0 saturated heterocycles. The summed E-state index contributed by atoms with van der Waals surface area (Å²) in [5.74, 6) is 1.65. The van der Waals surface area contributed by atoms with Crippen molar-refractivity contribution in [2.75, 3.05) is 40.0 Å². The Bertz CT molecular complexity index is 658. The highest BCUT2D eigenvalue weighted by molar-refractivity contribution is 14.0. The third-order valence-electron chi connectivity index (χ3n) is 3.64. The van der Waals surface area contributed by atoms with E-state index in [1.807, 2.05) is 25.1 Å². The quantitative estimate of drug-likeness (QED) is 0.260. The summed E-state index contributed by atoms with van der Waals surface area (Å²) in [6, 6.07) is 8.05. The zero-order valence-corrected chi connectivity index (χ0v) is 17.5. The van der Waals surface area contributed by atoms with Gasteiger partial charge in [-0.1, -0.05) is 18.2 Å². The molecule has 6 nitrogen and oxygen atoms in total. The number of nitrogens with zero attached hydrogens (tertiary/aromatic N) is 1. The molecule has 1 aromatic carbocycles. The molecule has 140 valence electrons. The predicted molar refractivity (Wildman–Crippen MR) is 112 cm³/mol. The third-order valence-corrected chi connectivity index (χ3v) is 3.64. The van der Waals surface area contributed by atoms with Crippen molar-refractivity contribution >= 4 is 40.9 Å². The van der Waals surface area contributed by atoms with Crippen molar-refractivity contribution in [1.29, 1.82) is 0 Å². The Labute approximate surface area is 166 Å². The summed E-state index contributed by atoms with van der Waals surface area (Å²) in [6.07, 6.45) is 0. The molecule has 2 aromatic rings. The van der Waals surface area contributed by atoms with E-state index in [1.165, 1.54) is 0 Å². The number of aliphatic imine (C=N–C) groups is 1. The molecule has 0 aliphatic heterocycles. The Kier molecular flexibility index (Phi) is 10.5. The van der Waals surface area contributed by atoms with E-state index < -0.39 is 0 Å². The normalized spacial score (nSPS) is 11.4. The van der Waals surface area contributed by atoms with E-state index in [1.54, 1.807) is 7.11 Å². The second-order valence-corrected chi connectivity index (χ2v) is 5.37. The fraction of sp³-hybridized carbons (Fsp3) is 0.500. The molecule has 1 aromatic heterocycles. The Balaban J connectivity index is 0.00000312. The Morgan fingerprint density at radius 1 is 1.16 bits per heavy atom. The Morgan fingerprint density at radius 3 is 2.68 bits per heavy atom. The Hall–Kier alpha value is -1.32. The number of halogens is 1. The van der Waals surface area contributed by atoms with Gasteiger partial charge in [0.25, 0.3) is 0 Å². The van der Waals surface area contributed by atoms with Crippen molar-refractivity contribution in [3.05, 3.63) is 35.6 Å². The lowest BCUT2D eigenvalue weighted by molar-refractivity contribution is 0.0733. The van der Waals surface area contributed by atoms with Gasteiger partial charge in [-0.25, -0.2) is 4.99 Å². The minimum absolute atomic E-state index is 0. The molecule has 7 heteroatoms. The molecule has 2 N–H and O–H groups in total. The molecule has 0 fully saturated rings. The molecule has 0 atom stereocenters. The van der Waals surface area contributed by atoms with E-state index in [0.717, 1.165) is 34.8 Å². The first-order valence-corrected chi connectivity index (χ1v) is 8.32. The standard InChI is InChI=1S/C18H27N3O3.HI/c1-4-19-18(20-9-10-23-12-11-22-3)21-13-17-14(2)15-7-5-6-8-16(15)24-17;/h5-8H,4,9-13H2,1-3H3,(H2,19,20,21);1H. The molecule has 0 saturated carbocycles. The van der Waals surface area contributed by atoms with Gasteiger partial charge in [-0.15, -0.1) is 24.0 Å². The van der Waals surface area contributed by atoms with E-state index >= 15 is 0 Å². The van der Waals surface area contributed by atoms with Gasteiger partial charge in [-0.3, -0.25) is 0 Å². The number of furan rings is 1. The SMILES string of the molecule is CCNC(=NCc1oc2ccccc2c1C)NCCOCCOC.I. The van der Waals surface area contributed by atoms with Gasteiger partial charge in [-0.05, 0) is 19.9 Å². The molecule has 0 unspecified atom stereocenters. The molecule has 0 amide bonds. The van der Waals surface area contributed by atoms with Crippen LogP contribution in [0.3, 0.4) is 0 Å². The summed E-state index contributed by atoms with van der Waals surface area (Å²) in [6.45, 7) is 7.92. The zero-order valence-electron chi connectivity index (χ0n) is 15.1. The fourth-order valence-corrected chi connectivity index (χ4v) is 2.35. The van der Waals surface area contributed by atoms with Crippen molar-refractivity contribution < 1.29 is 13.9 Å². The van der Waals surface area contributed by atoms with Crippen LogP contribution in [0.2, 0.25) is 0 Å². The van der Waals surface area contributed by atoms with Gasteiger partial charge >= 0.3 is 0 Å². The number of guanidine groups is 1. The third kappa shape index (κ3) is 6.83. The maximum Gasteiger partial charge on any atom is 0.191 e. The second-order valence-electron chi connectivity index (χ2n) is 5.37. The van der Waals surface area contributed by atoms with Crippen molar-refractivity contribution in [1.82, 2.24) is 10.6 Å². The highest BCUT2D eigenvalue weighted by Crippen LogP contribution is 2.25. The van der Waals surface area contributed by atoms with Gasteiger partial charge in [0, 0.05) is 31.1 Å². The number of rotatable bonds is 9. The number of methoxy groups -OCH3 is 1. The lowest BCUT2D eigenvalue weighted by atomic mass is 10.1. The molecular weight excluding hydrogens is 433 g/mol. The molecular formula is C18H28IN3O3. The van der Waals surface area contributed by atoms with E-state index in [0.29, 0.717) is 32.9 Å². The number of aryl methyl sites for hydroxylation is 1. The molecule has 25 heavy (non-hydrogen) atoms. The molecule has 0 spiro atoms. The van der Waals surface area contributed by atoms with Gasteiger partial charge in [0.1, 0.15) is 17.9 Å². The van der Waals surface area contributed by atoms with Crippen molar-refractivity contribution in [3.8, 4) is 0 Å². The highest BCUT2D eigenvalue weighted by Gasteiger charge is 2.09. The molecule has 0 bridgehead atoms. The molecule has 0 radical (unpaired) electrons. The van der Waals surface area contributed by atoms with Crippen molar-refractivity contribution in [3.63, 3.8) is 0 Å². The van der Waals surface area contributed by atoms with Crippen LogP contribution in [0.1, 0.15) is 18.2 Å². The van der Waals surface area contributed by atoms with Crippen LogP contribution in [0.4, 0.5) is 0 Å². The van der Waals surface area contributed by atoms with Crippen LogP contribution in [0, 0.1) is 6.92 Å². The number of fused-ring (bicyclic) bond motifs is 1. The highest BCUT2D eigenvalue weighted by atomic mass is 127. The number of hydrogen-bond acceptors (Lipinski definition) is 4. The average molecular weight is 461 g/mol.